The molecule has 0 saturated carbocycles. The van der Waals surface area contributed by atoms with Gasteiger partial charge in [-0.15, -0.1) is 0 Å². The van der Waals surface area contributed by atoms with Crippen molar-refractivity contribution in [3.63, 3.8) is 0 Å². The van der Waals surface area contributed by atoms with Crippen LogP contribution in [0, 0.1) is 5.82 Å². The van der Waals surface area contributed by atoms with Crippen molar-refractivity contribution >= 4 is 5.57 Å². The standard InChI is InChI=1S/C22H24FNO/c1-24-18-8-5-9-19(24)13-17(12-18)21-11-10-20(14-22(21)23)25-15-16-6-3-2-4-7-16/h2-4,6-7,10-12,14,18-19H,5,8-9,13,15H2,1H3. The van der Waals surface area contributed by atoms with Gasteiger partial charge < -0.3 is 4.74 Å². The van der Waals surface area contributed by atoms with E-state index >= 15 is 0 Å². The summed E-state index contributed by atoms with van der Waals surface area (Å²) in [6, 6.07) is 16.2. The van der Waals surface area contributed by atoms with Gasteiger partial charge in [-0.2, -0.15) is 0 Å². The molecule has 2 aliphatic rings. The number of nitrogens with zero attached hydrogens (tertiary/aromatic N) is 1. The van der Waals surface area contributed by atoms with Crippen molar-refractivity contribution in [3.05, 3.63) is 71.6 Å². The molecular formula is C22H24FNO. The van der Waals surface area contributed by atoms with E-state index in [1.807, 2.05) is 42.5 Å². The van der Waals surface area contributed by atoms with Gasteiger partial charge in [-0.3, -0.25) is 4.90 Å². The predicted octanol–water partition coefficient (Wildman–Crippen LogP) is 5.04. The molecule has 0 spiro atoms. The molecule has 2 unspecified atom stereocenters. The monoisotopic (exact) mass is 337 g/mol. The molecule has 0 amide bonds. The van der Waals surface area contributed by atoms with Gasteiger partial charge in [-0.25, -0.2) is 4.39 Å². The summed E-state index contributed by atoms with van der Waals surface area (Å²) in [5.41, 5.74) is 2.97. The van der Waals surface area contributed by atoms with Crippen LogP contribution >= 0.6 is 0 Å². The average molecular weight is 337 g/mol. The summed E-state index contributed by atoms with van der Waals surface area (Å²) in [6.07, 6.45) is 6.87. The van der Waals surface area contributed by atoms with Crippen molar-refractivity contribution in [3.8, 4) is 5.75 Å². The Bertz CT molecular complexity index is 771. The second-order valence-corrected chi connectivity index (χ2v) is 7.13. The van der Waals surface area contributed by atoms with Crippen LogP contribution in [0.25, 0.3) is 5.57 Å². The molecule has 25 heavy (non-hydrogen) atoms. The molecular weight excluding hydrogens is 313 g/mol. The zero-order valence-corrected chi connectivity index (χ0v) is 14.6. The van der Waals surface area contributed by atoms with Crippen LogP contribution in [-0.2, 0) is 6.61 Å². The van der Waals surface area contributed by atoms with E-state index in [1.54, 1.807) is 0 Å². The molecule has 0 N–H and O–H groups in total. The molecule has 0 aliphatic carbocycles. The highest BCUT2D eigenvalue weighted by Crippen LogP contribution is 2.37. The largest absolute Gasteiger partial charge is 0.489 e. The number of fused-ring (bicyclic) bond motifs is 2. The van der Waals surface area contributed by atoms with Crippen LogP contribution in [0.2, 0.25) is 0 Å². The number of piperidine rings is 1. The van der Waals surface area contributed by atoms with Gasteiger partial charge in [0.25, 0.3) is 0 Å². The molecule has 2 aromatic rings. The SMILES string of the molecule is CN1C2C=C(c3ccc(OCc4ccccc4)cc3F)CC1CCC2. The topological polar surface area (TPSA) is 12.5 Å². The first-order chi connectivity index (χ1) is 12.2. The third-order valence-corrected chi connectivity index (χ3v) is 5.52. The molecule has 2 aliphatic heterocycles. The first kappa shape index (κ1) is 16.3. The Labute approximate surface area is 148 Å². The number of rotatable bonds is 4. The minimum absolute atomic E-state index is 0.181. The lowest BCUT2D eigenvalue weighted by Gasteiger charge is -2.42. The second kappa shape index (κ2) is 7.01. The molecule has 2 bridgehead atoms. The molecule has 4 rings (SSSR count). The minimum atomic E-state index is -0.181. The van der Waals surface area contributed by atoms with Gasteiger partial charge in [0.2, 0.25) is 0 Å². The quantitative estimate of drug-likeness (QED) is 0.774. The van der Waals surface area contributed by atoms with Crippen LogP contribution in [0.15, 0.2) is 54.6 Å². The van der Waals surface area contributed by atoms with Crippen LogP contribution in [0.5, 0.6) is 5.75 Å². The van der Waals surface area contributed by atoms with Crippen LogP contribution in [0.1, 0.15) is 36.8 Å². The van der Waals surface area contributed by atoms with Crippen molar-refractivity contribution in [1.82, 2.24) is 4.90 Å². The first-order valence-electron chi connectivity index (χ1n) is 9.10. The van der Waals surface area contributed by atoms with E-state index < -0.39 is 0 Å². The summed E-state index contributed by atoms with van der Waals surface area (Å²) in [5, 5.41) is 0. The van der Waals surface area contributed by atoms with Gasteiger partial charge in [-0.05, 0) is 49.6 Å². The lowest BCUT2D eigenvalue weighted by atomic mass is 9.83. The smallest absolute Gasteiger partial charge is 0.134 e. The van der Waals surface area contributed by atoms with Gasteiger partial charge in [0, 0.05) is 23.7 Å². The summed E-state index contributed by atoms with van der Waals surface area (Å²) < 4.78 is 20.4. The Morgan fingerprint density at radius 3 is 2.72 bits per heavy atom. The zero-order chi connectivity index (χ0) is 17.2. The third kappa shape index (κ3) is 3.47. The van der Waals surface area contributed by atoms with E-state index in [9.17, 15) is 4.39 Å². The fourth-order valence-electron chi connectivity index (χ4n) is 4.03. The van der Waals surface area contributed by atoms with Gasteiger partial charge in [0.05, 0.1) is 0 Å². The zero-order valence-electron chi connectivity index (χ0n) is 14.6. The first-order valence-corrected chi connectivity index (χ1v) is 9.10. The Morgan fingerprint density at radius 2 is 1.96 bits per heavy atom. The molecule has 1 fully saturated rings. The fraction of sp³-hybridized carbons (Fsp3) is 0.364. The summed E-state index contributed by atoms with van der Waals surface area (Å²) in [5.74, 6) is 0.401. The van der Waals surface area contributed by atoms with Crippen molar-refractivity contribution in [2.75, 3.05) is 7.05 Å². The van der Waals surface area contributed by atoms with Crippen molar-refractivity contribution < 1.29 is 9.13 Å². The molecule has 2 aromatic carbocycles. The Morgan fingerprint density at radius 1 is 1.12 bits per heavy atom. The van der Waals surface area contributed by atoms with Crippen molar-refractivity contribution in [2.24, 2.45) is 0 Å². The molecule has 2 nitrogen and oxygen atoms in total. The number of benzene rings is 2. The van der Waals surface area contributed by atoms with Gasteiger partial charge >= 0.3 is 0 Å². The van der Waals surface area contributed by atoms with E-state index in [0.29, 0.717) is 24.4 Å². The Kier molecular flexibility index (Phi) is 4.58. The van der Waals surface area contributed by atoms with Crippen LogP contribution in [0.3, 0.4) is 0 Å². The lowest BCUT2D eigenvalue weighted by Crippen LogP contribution is -2.45. The Hall–Kier alpha value is -2.13. The molecule has 1 saturated heterocycles. The molecule has 0 aromatic heterocycles. The van der Waals surface area contributed by atoms with E-state index in [-0.39, 0.29) is 5.82 Å². The number of ether oxygens (including phenoxy) is 1. The Balaban J connectivity index is 1.50. The van der Waals surface area contributed by atoms with Crippen molar-refractivity contribution in [2.45, 2.75) is 44.4 Å². The maximum absolute atomic E-state index is 14.7. The van der Waals surface area contributed by atoms with Gasteiger partial charge in [0.15, 0.2) is 0 Å². The van der Waals surface area contributed by atoms with Gasteiger partial charge in [-0.1, -0.05) is 42.8 Å². The summed E-state index contributed by atoms with van der Waals surface area (Å²) >= 11 is 0. The average Bonchev–Trinajstić information content (AvgIpc) is 2.61. The summed E-state index contributed by atoms with van der Waals surface area (Å²) in [7, 11) is 2.19. The highest BCUT2D eigenvalue weighted by atomic mass is 19.1. The van der Waals surface area contributed by atoms with Crippen molar-refractivity contribution in [1.29, 1.82) is 0 Å². The minimum Gasteiger partial charge on any atom is -0.489 e. The van der Waals surface area contributed by atoms with Crippen LogP contribution < -0.4 is 4.74 Å². The van der Waals surface area contributed by atoms with E-state index in [0.717, 1.165) is 23.1 Å². The number of hydrogen-bond donors (Lipinski definition) is 0. The third-order valence-electron chi connectivity index (χ3n) is 5.52. The van der Waals surface area contributed by atoms with Crippen LogP contribution in [0.4, 0.5) is 4.39 Å². The fourth-order valence-corrected chi connectivity index (χ4v) is 4.03. The lowest BCUT2D eigenvalue weighted by molar-refractivity contribution is 0.137. The van der Waals surface area contributed by atoms with E-state index in [2.05, 4.69) is 18.0 Å². The van der Waals surface area contributed by atoms with Crippen LogP contribution in [-0.4, -0.2) is 24.0 Å². The predicted molar refractivity (Wildman–Crippen MR) is 99.0 cm³/mol. The van der Waals surface area contributed by atoms with E-state index in [4.69, 9.17) is 4.74 Å². The summed E-state index contributed by atoms with van der Waals surface area (Å²) in [4.78, 5) is 2.45. The maximum atomic E-state index is 14.7. The molecule has 3 heteroatoms. The number of likely N-dealkylation sites (N-methyl/N-ethyl adjacent to an activating group) is 1. The number of hydrogen-bond acceptors (Lipinski definition) is 2. The normalized spacial score (nSPS) is 23.2. The summed E-state index contributed by atoms with van der Waals surface area (Å²) in [6.45, 7) is 0.456. The number of halogens is 1. The highest BCUT2D eigenvalue weighted by Gasteiger charge is 2.32. The maximum Gasteiger partial charge on any atom is 0.134 e. The molecule has 130 valence electrons. The molecule has 2 heterocycles. The molecule has 2 atom stereocenters. The van der Waals surface area contributed by atoms with Gasteiger partial charge in [0.1, 0.15) is 18.2 Å². The second-order valence-electron chi connectivity index (χ2n) is 7.13. The molecule has 0 radical (unpaired) electrons. The highest BCUT2D eigenvalue weighted by molar-refractivity contribution is 5.68. The van der Waals surface area contributed by atoms with E-state index in [1.165, 1.54) is 25.3 Å².